The first kappa shape index (κ1) is 25.2. The molecule has 6 heteroatoms. The topological polar surface area (TPSA) is 54.9 Å². The van der Waals surface area contributed by atoms with Crippen LogP contribution in [0.25, 0.3) is 0 Å². The Morgan fingerprint density at radius 3 is 2.50 bits per heavy atom. The summed E-state index contributed by atoms with van der Waals surface area (Å²) in [5, 5.41) is 6.88. The molecular formula is C22H38IN3O2. The molecule has 0 radical (unpaired) electrons. The summed E-state index contributed by atoms with van der Waals surface area (Å²) in [6.07, 6.45) is 7.35. The molecule has 0 aliphatic carbocycles. The summed E-state index contributed by atoms with van der Waals surface area (Å²) in [6.45, 7) is 7.54. The molecule has 2 N–H and O–H groups in total. The maximum absolute atomic E-state index is 5.98. The lowest BCUT2D eigenvalue weighted by Gasteiger charge is -2.22. The monoisotopic (exact) mass is 503 g/mol. The summed E-state index contributed by atoms with van der Waals surface area (Å²) >= 11 is 0. The van der Waals surface area contributed by atoms with E-state index in [1.807, 2.05) is 7.05 Å². The highest BCUT2D eigenvalue weighted by atomic mass is 127. The van der Waals surface area contributed by atoms with Crippen molar-refractivity contribution in [1.29, 1.82) is 0 Å². The number of benzene rings is 1. The second-order valence-electron chi connectivity index (χ2n) is 7.41. The van der Waals surface area contributed by atoms with Gasteiger partial charge in [0.25, 0.3) is 0 Å². The number of hydrogen-bond donors (Lipinski definition) is 2. The van der Waals surface area contributed by atoms with E-state index in [-0.39, 0.29) is 24.0 Å². The molecule has 0 saturated carbocycles. The van der Waals surface area contributed by atoms with Crippen LogP contribution in [0.15, 0.2) is 29.3 Å². The molecule has 1 unspecified atom stereocenters. The Morgan fingerprint density at radius 1 is 1.18 bits per heavy atom. The van der Waals surface area contributed by atoms with Gasteiger partial charge in [0.2, 0.25) is 0 Å². The molecule has 2 rings (SSSR count). The molecule has 1 atom stereocenters. The zero-order chi connectivity index (χ0) is 19.3. The first-order valence-electron chi connectivity index (χ1n) is 10.5. The van der Waals surface area contributed by atoms with Crippen molar-refractivity contribution in [3.8, 4) is 0 Å². The average molecular weight is 503 g/mol. The lowest BCUT2D eigenvalue weighted by Crippen LogP contribution is -2.41. The van der Waals surface area contributed by atoms with Gasteiger partial charge in [-0.15, -0.1) is 24.0 Å². The lowest BCUT2D eigenvalue weighted by molar-refractivity contribution is -0.0390. The smallest absolute Gasteiger partial charge is 0.191 e. The summed E-state index contributed by atoms with van der Waals surface area (Å²) in [6, 6.07) is 9.06. The van der Waals surface area contributed by atoms with E-state index in [1.165, 1.54) is 36.8 Å². The highest BCUT2D eigenvalue weighted by molar-refractivity contribution is 14.0. The molecule has 0 aromatic heterocycles. The van der Waals surface area contributed by atoms with Gasteiger partial charge in [0, 0.05) is 32.8 Å². The minimum Gasteiger partial charge on any atom is -0.381 e. The van der Waals surface area contributed by atoms with E-state index in [4.69, 9.17) is 9.47 Å². The Kier molecular flexibility index (Phi) is 13.5. The van der Waals surface area contributed by atoms with Gasteiger partial charge in [-0.1, -0.05) is 50.5 Å². The molecule has 5 nitrogen and oxygen atoms in total. The summed E-state index contributed by atoms with van der Waals surface area (Å²) < 4.78 is 11.4. The average Bonchev–Trinajstić information content (AvgIpc) is 2.71. The summed E-state index contributed by atoms with van der Waals surface area (Å²) in [4.78, 5) is 4.33. The maximum Gasteiger partial charge on any atom is 0.191 e. The van der Waals surface area contributed by atoms with Crippen LogP contribution >= 0.6 is 24.0 Å². The predicted octanol–water partition coefficient (Wildman–Crippen LogP) is 4.63. The van der Waals surface area contributed by atoms with Crippen LogP contribution in [-0.4, -0.2) is 38.4 Å². The number of halogens is 1. The van der Waals surface area contributed by atoms with Crippen molar-refractivity contribution >= 4 is 29.9 Å². The molecule has 1 aliphatic heterocycles. The third-order valence-electron chi connectivity index (χ3n) is 4.98. The van der Waals surface area contributed by atoms with Gasteiger partial charge in [0.05, 0.1) is 12.7 Å². The first-order valence-corrected chi connectivity index (χ1v) is 10.5. The van der Waals surface area contributed by atoms with E-state index in [9.17, 15) is 0 Å². The van der Waals surface area contributed by atoms with Gasteiger partial charge in [-0.05, 0) is 37.3 Å². The molecular weight excluding hydrogens is 465 g/mol. The molecule has 1 heterocycles. The van der Waals surface area contributed by atoms with Crippen LogP contribution in [0, 0.1) is 0 Å². The first-order chi connectivity index (χ1) is 13.2. The number of unbranched alkanes of at least 4 members (excludes halogenated alkanes) is 2. The maximum atomic E-state index is 5.98. The number of guanidine groups is 1. The van der Waals surface area contributed by atoms with Gasteiger partial charge >= 0.3 is 0 Å². The van der Waals surface area contributed by atoms with E-state index in [1.54, 1.807) is 0 Å². The van der Waals surface area contributed by atoms with Crippen LogP contribution in [0.1, 0.15) is 63.5 Å². The van der Waals surface area contributed by atoms with E-state index in [2.05, 4.69) is 53.7 Å². The van der Waals surface area contributed by atoms with Gasteiger partial charge in [-0.3, -0.25) is 4.99 Å². The minimum atomic E-state index is 0. The Labute approximate surface area is 188 Å². The summed E-state index contributed by atoms with van der Waals surface area (Å²) in [5.74, 6) is 0.867. The molecule has 160 valence electrons. The third-order valence-corrected chi connectivity index (χ3v) is 4.98. The quantitative estimate of drug-likeness (QED) is 0.212. The molecule has 1 aliphatic rings. The van der Waals surface area contributed by atoms with Crippen molar-refractivity contribution < 1.29 is 9.47 Å². The van der Waals surface area contributed by atoms with E-state index in [0.29, 0.717) is 18.8 Å². The normalized spacial score (nSPS) is 16.3. The van der Waals surface area contributed by atoms with E-state index in [0.717, 1.165) is 38.6 Å². The fourth-order valence-electron chi connectivity index (χ4n) is 3.20. The predicted molar refractivity (Wildman–Crippen MR) is 127 cm³/mol. The van der Waals surface area contributed by atoms with Crippen molar-refractivity contribution in [2.24, 2.45) is 4.99 Å². The summed E-state index contributed by atoms with van der Waals surface area (Å²) in [5.41, 5.74) is 2.46. The van der Waals surface area contributed by atoms with Crippen LogP contribution < -0.4 is 10.6 Å². The molecule has 1 aromatic carbocycles. The zero-order valence-electron chi connectivity index (χ0n) is 17.7. The van der Waals surface area contributed by atoms with Gasteiger partial charge in [0.15, 0.2) is 5.96 Å². The Hall–Kier alpha value is -0.860. The standard InChI is InChI=1S/C22H37N3O2.HI/c1-4-5-6-7-18(2)25-22(23-3)24-16-19-8-10-20(11-9-19)17-27-21-12-14-26-15-13-21;/h8-11,18,21H,4-7,12-17H2,1-3H3,(H2,23,24,25);1H. The van der Waals surface area contributed by atoms with Crippen molar-refractivity contribution in [3.05, 3.63) is 35.4 Å². The van der Waals surface area contributed by atoms with E-state index >= 15 is 0 Å². The second kappa shape index (κ2) is 15.0. The SMILES string of the molecule is CCCCCC(C)NC(=NC)NCc1ccc(COC2CCOCC2)cc1.I. The Bertz CT molecular complexity index is 545. The highest BCUT2D eigenvalue weighted by Gasteiger charge is 2.13. The number of nitrogens with zero attached hydrogens (tertiary/aromatic N) is 1. The van der Waals surface area contributed by atoms with Crippen molar-refractivity contribution in [1.82, 2.24) is 10.6 Å². The van der Waals surface area contributed by atoms with Crippen molar-refractivity contribution in [3.63, 3.8) is 0 Å². The molecule has 0 spiro atoms. The number of nitrogens with one attached hydrogen (secondary N) is 2. The third kappa shape index (κ3) is 10.1. The molecule has 0 bridgehead atoms. The zero-order valence-corrected chi connectivity index (χ0v) is 20.0. The molecule has 0 amide bonds. The largest absolute Gasteiger partial charge is 0.381 e. The van der Waals surface area contributed by atoms with Gasteiger partial charge in [0.1, 0.15) is 0 Å². The number of rotatable bonds is 10. The van der Waals surface area contributed by atoms with Gasteiger partial charge in [-0.2, -0.15) is 0 Å². The number of hydrogen-bond acceptors (Lipinski definition) is 3. The molecule has 1 saturated heterocycles. The Morgan fingerprint density at radius 2 is 1.86 bits per heavy atom. The van der Waals surface area contributed by atoms with Gasteiger partial charge < -0.3 is 20.1 Å². The fourth-order valence-corrected chi connectivity index (χ4v) is 3.20. The van der Waals surface area contributed by atoms with Crippen LogP contribution in [0.4, 0.5) is 0 Å². The van der Waals surface area contributed by atoms with Crippen LogP contribution in [0.5, 0.6) is 0 Å². The summed E-state index contributed by atoms with van der Waals surface area (Å²) in [7, 11) is 1.82. The van der Waals surface area contributed by atoms with Gasteiger partial charge in [-0.25, -0.2) is 0 Å². The fraction of sp³-hybridized carbons (Fsp3) is 0.682. The van der Waals surface area contributed by atoms with Crippen LogP contribution in [0.2, 0.25) is 0 Å². The molecule has 28 heavy (non-hydrogen) atoms. The van der Waals surface area contributed by atoms with Crippen LogP contribution in [-0.2, 0) is 22.6 Å². The lowest BCUT2D eigenvalue weighted by atomic mass is 10.1. The van der Waals surface area contributed by atoms with E-state index < -0.39 is 0 Å². The Balaban J connectivity index is 0.00000392. The molecule has 1 aromatic rings. The number of ether oxygens (including phenoxy) is 2. The second-order valence-corrected chi connectivity index (χ2v) is 7.41. The molecule has 1 fully saturated rings. The van der Waals surface area contributed by atoms with Crippen LogP contribution in [0.3, 0.4) is 0 Å². The van der Waals surface area contributed by atoms with Crippen molar-refractivity contribution in [2.75, 3.05) is 20.3 Å². The highest BCUT2D eigenvalue weighted by Crippen LogP contribution is 2.14. The number of aliphatic imine (C=N–C) groups is 1. The minimum absolute atomic E-state index is 0. The van der Waals surface area contributed by atoms with Crippen molar-refractivity contribution in [2.45, 2.75) is 77.7 Å².